The highest BCUT2D eigenvalue weighted by Crippen LogP contribution is 2.57. The van der Waals surface area contributed by atoms with Crippen LogP contribution in [-0.2, 0) is 11.8 Å². The van der Waals surface area contributed by atoms with Gasteiger partial charge >= 0.3 is 0 Å². The number of fused-ring (bicyclic) bond motifs is 15. The van der Waals surface area contributed by atoms with Gasteiger partial charge in [-0.05, 0) is 86.7 Å². The molecule has 0 fully saturated rings. The molecule has 0 saturated carbocycles. The van der Waals surface area contributed by atoms with Crippen molar-refractivity contribution < 1.29 is 0 Å². The van der Waals surface area contributed by atoms with Crippen LogP contribution in [0.3, 0.4) is 0 Å². The molecule has 4 aliphatic carbocycles. The van der Waals surface area contributed by atoms with Gasteiger partial charge in [0.15, 0.2) is 0 Å². The topological polar surface area (TPSA) is 0 Å². The largest absolute Gasteiger partial charge is 0.135 e. The summed E-state index contributed by atoms with van der Waals surface area (Å²) < 4.78 is 2.83. The second kappa shape index (κ2) is 7.24. The van der Waals surface area contributed by atoms with Gasteiger partial charge in [-0.1, -0.05) is 92.8 Å². The Bertz CT molecular complexity index is 1950. The molecule has 1 heterocycles. The van der Waals surface area contributed by atoms with E-state index in [4.69, 9.17) is 0 Å². The van der Waals surface area contributed by atoms with Crippen LogP contribution in [0.15, 0.2) is 91.0 Å². The van der Waals surface area contributed by atoms with E-state index in [9.17, 15) is 0 Å². The van der Waals surface area contributed by atoms with Gasteiger partial charge in [0.25, 0.3) is 0 Å². The van der Waals surface area contributed by atoms with Gasteiger partial charge in [-0.2, -0.15) is 0 Å². The highest BCUT2D eigenvalue weighted by molar-refractivity contribution is 7.25. The third kappa shape index (κ3) is 2.56. The minimum Gasteiger partial charge on any atom is -0.135 e. The van der Waals surface area contributed by atoms with Gasteiger partial charge < -0.3 is 0 Å². The molecule has 0 spiro atoms. The summed E-state index contributed by atoms with van der Waals surface area (Å²) >= 11 is 1.97. The van der Waals surface area contributed by atoms with E-state index in [-0.39, 0.29) is 5.41 Å². The van der Waals surface area contributed by atoms with Crippen LogP contribution in [0.4, 0.5) is 0 Å². The predicted molar refractivity (Wildman–Crippen MR) is 163 cm³/mol. The van der Waals surface area contributed by atoms with Gasteiger partial charge in [0.1, 0.15) is 0 Å². The Morgan fingerprint density at radius 3 is 2.42 bits per heavy atom. The molecule has 2 unspecified atom stereocenters. The molecule has 1 heteroatoms. The van der Waals surface area contributed by atoms with Crippen molar-refractivity contribution in [3.63, 3.8) is 0 Å². The lowest BCUT2D eigenvalue weighted by molar-refractivity contribution is 0.661. The van der Waals surface area contributed by atoms with Gasteiger partial charge in [-0.25, -0.2) is 0 Å². The highest BCUT2D eigenvalue weighted by atomic mass is 32.1. The number of thiophene rings is 1. The maximum absolute atomic E-state index is 2.53. The molecule has 38 heavy (non-hydrogen) atoms. The molecule has 4 aliphatic rings. The molecule has 0 aliphatic heterocycles. The highest BCUT2D eigenvalue weighted by Gasteiger charge is 2.38. The van der Waals surface area contributed by atoms with Crippen molar-refractivity contribution in [2.45, 2.75) is 43.9 Å². The summed E-state index contributed by atoms with van der Waals surface area (Å²) in [5, 5.41) is 2.91. The first-order chi connectivity index (χ1) is 18.6. The fourth-order valence-corrected chi connectivity index (χ4v) is 9.14. The molecule has 0 amide bonds. The van der Waals surface area contributed by atoms with Crippen LogP contribution in [-0.4, -0.2) is 0 Å². The SMILES string of the molecule is CC1(C)c2ccccc2-c2cc3c(cc21)sc1ccc2c(c13)C1C=CC=CC1c1c-2ccc2c1CCC=C2. The monoisotopic (exact) mass is 504 g/mol. The van der Waals surface area contributed by atoms with Crippen LogP contribution in [0, 0.1) is 0 Å². The van der Waals surface area contributed by atoms with E-state index in [1.54, 1.807) is 11.1 Å². The zero-order valence-corrected chi connectivity index (χ0v) is 22.5. The molecule has 182 valence electrons. The first kappa shape index (κ1) is 21.3. The van der Waals surface area contributed by atoms with E-state index in [1.807, 2.05) is 11.3 Å². The van der Waals surface area contributed by atoms with Crippen molar-refractivity contribution in [3.8, 4) is 22.3 Å². The third-order valence-corrected chi connectivity index (χ3v) is 10.8. The van der Waals surface area contributed by atoms with Gasteiger partial charge in [-0.15, -0.1) is 11.3 Å². The van der Waals surface area contributed by atoms with E-state index in [2.05, 4.69) is 111 Å². The average molecular weight is 505 g/mol. The lowest BCUT2D eigenvalue weighted by Crippen LogP contribution is -2.19. The van der Waals surface area contributed by atoms with Crippen LogP contribution in [0.25, 0.3) is 48.5 Å². The van der Waals surface area contributed by atoms with Crippen molar-refractivity contribution in [1.29, 1.82) is 0 Å². The fraction of sp³-hybridized carbons (Fsp3) is 0.189. The number of hydrogen-bond acceptors (Lipinski definition) is 1. The Morgan fingerprint density at radius 1 is 0.737 bits per heavy atom. The Kier molecular flexibility index (Phi) is 4.06. The van der Waals surface area contributed by atoms with Gasteiger partial charge in [0, 0.05) is 37.4 Å². The van der Waals surface area contributed by atoms with Crippen LogP contribution in [0.1, 0.15) is 65.5 Å². The lowest BCUT2D eigenvalue weighted by atomic mass is 9.66. The van der Waals surface area contributed by atoms with Crippen LogP contribution < -0.4 is 0 Å². The summed E-state index contributed by atoms with van der Waals surface area (Å²) in [7, 11) is 0. The van der Waals surface area contributed by atoms with Crippen LogP contribution >= 0.6 is 11.3 Å². The first-order valence-electron chi connectivity index (χ1n) is 13.9. The minimum atomic E-state index is 0.0319. The van der Waals surface area contributed by atoms with Gasteiger partial charge in [-0.3, -0.25) is 0 Å². The molecule has 0 N–H and O–H groups in total. The molecule has 9 rings (SSSR count). The Labute approximate surface area is 227 Å². The first-order valence-corrected chi connectivity index (χ1v) is 14.7. The maximum atomic E-state index is 2.53. The molecular formula is C37H28S. The van der Waals surface area contributed by atoms with Crippen molar-refractivity contribution in [2.75, 3.05) is 0 Å². The minimum absolute atomic E-state index is 0.0319. The Hall–Kier alpha value is -3.68. The van der Waals surface area contributed by atoms with Crippen LogP contribution in [0.2, 0.25) is 0 Å². The Balaban J connectivity index is 1.39. The number of benzene rings is 4. The van der Waals surface area contributed by atoms with E-state index in [0.29, 0.717) is 11.8 Å². The molecule has 0 nitrogen and oxygen atoms in total. The number of hydrogen-bond donors (Lipinski definition) is 0. The number of allylic oxidation sites excluding steroid dienone is 5. The number of rotatable bonds is 0. The summed E-state index contributed by atoms with van der Waals surface area (Å²) in [6.07, 6.45) is 16.4. The second-order valence-corrected chi connectivity index (χ2v) is 13.0. The molecule has 5 aromatic rings. The summed E-state index contributed by atoms with van der Waals surface area (Å²) in [6.45, 7) is 4.77. The van der Waals surface area contributed by atoms with Crippen molar-refractivity contribution in [3.05, 3.63) is 124 Å². The van der Waals surface area contributed by atoms with E-state index < -0.39 is 0 Å². The second-order valence-electron chi connectivity index (χ2n) is 11.9. The third-order valence-electron chi connectivity index (χ3n) is 9.72. The molecule has 0 radical (unpaired) electrons. The predicted octanol–water partition coefficient (Wildman–Crippen LogP) is 10.3. The summed E-state index contributed by atoms with van der Waals surface area (Å²) in [5.41, 5.74) is 14.7. The summed E-state index contributed by atoms with van der Waals surface area (Å²) in [4.78, 5) is 0. The van der Waals surface area contributed by atoms with E-state index >= 15 is 0 Å². The summed E-state index contributed by atoms with van der Waals surface area (Å²) in [6, 6.07) is 23.6. The van der Waals surface area contributed by atoms with Gasteiger partial charge in [0.05, 0.1) is 0 Å². The van der Waals surface area contributed by atoms with E-state index in [0.717, 1.165) is 12.8 Å². The van der Waals surface area contributed by atoms with Crippen molar-refractivity contribution in [1.82, 2.24) is 0 Å². The quantitative estimate of drug-likeness (QED) is 0.197. The molecular weight excluding hydrogens is 476 g/mol. The van der Waals surface area contributed by atoms with Crippen molar-refractivity contribution >= 4 is 37.6 Å². The Morgan fingerprint density at radius 2 is 1.53 bits per heavy atom. The average Bonchev–Trinajstić information content (AvgIpc) is 3.43. The van der Waals surface area contributed by atoms with E-state index in [1.165, 1.54) is 64.7 Å². The van der Waals surface area contributed by atoms with Crippen molar-refractivity contribution in [2.24, 2.45) is 0 Å². The fourth-order valence-electron chi connectivity index (χ4n) is 8.00. The maximum Gasteiger partial charge on any atom is 0.0359 e. The standard InChI is InChI=1S/C37H28S/c1-37(2)30-14-8-7-11-23(30)28-19-29-33(20-31(28)37)38-32-18-17-27-26-16-15-21-9-3-4-10-22(21)34(26)24-12-5-6-13-25(24)35(27)36(29)32/h3,5-9,11-20,24-25H,4,10H2,1-2H3. The molecule has 0 bridgehead atoms. The normalized spacial score (nSPS) is 21.1. The summed E-state index contributed by atoms with van der Waals surface area (Å²) in [5.74, 6) is 0.775. The zero-order chi connectivity index (χ0) is 25.2. The van der Waals surface area contributed by atoms with Crippen LogP contribution in [0.5, 0.6) is 0 Å². The molecule has 0 saturated heterocycles. The molecule has 1 aromatic heterocycles. The molecule has 2 atom stereocenters. The van der Waals surface area contributed by atoms with Gasteiger partial charge in [0.2, 0.25) is 0 Å². The lowest BCUT2D eigenvalue weighted by Gasteiger charge is -2.37. The molecule has 4 aromatic carbocycles. The zero-order valence-electron chi connectivity index (χ0n) is 21.7. The smallest absolute Gasteiger partial charge is 0.0359 e.